The van der Waals surface area contributed by atoms with Crippen LogP contribution >= 0.6 is 0 Å². The number of aromatic nitrogens is 2. The van der Waals surface area contributed by atoms with E-state index in [1.165, 1.54) is 27.4 Å². The predicted molar refractivity (Wildman–Crippen MR) is 161 cm³/mol. The minimum absolute atomic E-state index is 0.592. The second-order valence-corrected chi connectivity index (χ2v) is 9.59. The van der Waals surface area contributed by atoms with Crippen LogP contribution in [0.15, 0.2) is 140 Å². The third-order valence-electron chi connectivity index (χ3n) is 7.25. The van der Waals surface area contributed by atoms with E-state index in [0.29, 0.717) is 5.69 Å². The summed E-state index contributed by atoms with van der Waals surface area (Å²) in [7, 11) is 0. The fourth-order valence-corrected chi connectivity index (χ4v) is 5.37. The van der Waals surface area contributed by atoms with E-state index in [1.54, 1.807) is 12.3 Å². The van der Waals surface area contributed by atoms with Crippen LogP contribution in [0.2, 0.25) is 0 Å². The Morgan fingerprint density at radius 1 is 0.513 bits per heavy atom. The molecule has 7 aromatic rings. The van der Waals surface area contributed by atoms with Crippen molar-refractivity contribution in [1.82, 2.24) is 9.55 Å². The van der Waals surface area contributed by atoms with Gasteiger partial charge in [-0.05, 0) is 70.3 Å². The van der Waals surface area contributed by atoms with Gasteiger partial charge in [0.15, 0.2) is 5.69 Å². The van der Waals surface area contributed by atoms with Gasteiger partial charge >= 0.3 is 0 Å². The molecule has 0 radical (unpaired) electrons. The fraction of sp³-hybridized carbons (Fsp3) is 0. The highest BCUT2D eigenvalue weighted by Crippen LogP contribution is 2.37. The monoisotopic (exact) mass is 497 g/mol. The topological polar surface area (TPSA) is 22.2 Å². The van der Waals surface area contributed by atoms with E-state index < -0.39 is 0 Å². The molecule has 2 heterocycles. The lowest BCUT2D eigenvalue weighted by Gasteiger charge is -2.10. The summed E-state index contributed by atoms with van der Waals surface area (Å²) in [5.74, 6) is 0. The van der Waals surface area contributed by atoms with Crippen molar-refractivity contribution < 1.29 is 0 Å². The quantitative estimate of drug-likeness (QED) is 0.222. The molecule has 0 fully saturated rings. The lowest BCUT2D eigenvalue weighted by Crippen LogP contribution is -1.94. The summed E-state index contributed by atoms with van der Waals surface area (Å²) in [6.07, 6.45) is 1.70. The molecule has 182 valence electrons. The maximum absolute atomic E-state index is 7.35. The number of rotatable bonds is 4. The molecule has 3 heteroatoms. The minimum Gasteiger partial charge on any atom is -0.309 e. The van der Waals surface area contributed by atoms with Gasteiger partial charge in [0.1, 0.15) is 0 Å². The van der Waals surface area contributed by atoms with Crippen LogP contribution in [-0.2, 0) is 0 Å². The summed E-state index contributed by atoms with van der Waals surface area (Å²) in [5.41, 5.74) is 10.5. The number of pyridine rings is 1. The van der Waals surface area contributed by atoms with Crippen molar-refractivity contribution in [2.24, 2.45) is 0 Å². The van der Waals surface area contributed by atoms with Crippen LogP contribution in [0.25, 0.3) is 65.8 Å². The number of fused-ring (bicyclic) bond motifs is 3. The summed E-state index contributed by atoms with van der Waals surface area (Å²) < 4.78 is 2.37. The molecule has 5 aromatic carbocycles. The average molecular weight is 498 g/mol. The molecule has 2 aromatic heterocycles. The summed E-state index contributed by atoms with van der Waals surface area (Å²) in [4.78, 5) is 8.07. The molecule has 0 bridgehead atoms. The van der Waals surface area contributed by atoms with Crippen LogP contribution in [0.1, 0.15) is 0 Å². The zero-order chi connectivity index (χ0) is 26.2. The summed E-state index contributed by atoms with van der Waals surface area (Å²) >= 11 is 0. The molecule has 0 aliphatic heterocycles. The largest absolute Gasteiger partial charge is 0.309 e. The van der Waals surface area contributed by atoms with Gasteiger partial charge < -0.3 is 4.57 Å². The number of hydrogen-bond donors (Lipinski definition) is 0. The zero-order valence-electron chi connectivity index (χ0n) is 21.1. The van der Waals surface area contributed by atoms with Gasteiger partial charge in [0.05, 0.1) is 23.3 Å². The van der Waals surface area contributed by atoms with Crippen LogP contribution in [0.5, 0.6) is 0 Å². The van der Waals surface area contributed by atoms with Gasteiger partial charge in [0.2, 0.25) is 0 Å². The van der Waals surface area contributed by atoms with Gasteiger partial charge in [-0.3, -0.25) is 4.98 Å². The average Bonchev–Trinajstić information content (AvgIpc) is 3.35. The van der Waals surface area contributed by atoms with Gasteiger partial charge in [0, 0.05) is 22.7 Å². The Hall–Kier alpha value is -5.46. The van der Waals surface area contributed by atoms with Gasteiger partial charge in [-0.2, -0.15) is 0 Å². The predicted octanol–water partition coefficient (Wildman–Crippen LogP) is 9.73. The molecular weight excluding hydrogens is 474 g/mol. The van der Waals surface area contributed by atoms with E-state index in [2.05, 4.69) is 130 Å². The van der Waals surface area contributed by atoms with Crippen molar-refractivity contribution in [3.8, 4) is 39.2 Å². The summed E-state index contributed by atoms with van der Waals surface area (Å²) in [6.45, 7) is 7.35. The van der Waals surface area contributed by atoms with Crippen molar-refractivity contribution in [2.75, 3.05) is 0 Å². The van der Waals surface area contributed by atoms with Crippen LogP contribution in [0.4, 0.5) is 5.69 Å². The standard InChI is InChI=1S/C36H23N3/c1-37-30-19-20-38-34(24-30)29-12-8-11-26(21-29)28-16-18-33-32-17-15-27(25-9-4-2-5-10-25)22-35(32)39(36(33)23-28)31-13-6-3-7-14-31/h2-24H. The Morgan fingerprint density at radius 3 is 1.79 bits per heavy atom. The van der Waals surface area contributed by atoms with Crippen molar-refractivity contribution in [3.05, 3.63) is 151 Å². The normalized spacial score (nSPS) is 11.1. The Labute approximate surface area is 227 Å². The molecule has 0 unspecified atom stereocenters. The molecule has 0 atom stereocenters. The molecule has 7 rings (SSSR count). The first-order chi connectivity index (χ1) is 19.3. The third-order valence-corrected chi connectivity index (χ3v) is 7.25. The van der Waals surface area contributed by atoms with E-state index in [1.807, 2.05) is 12.1 Å². The first kappa shape index (κ1) is 22.7. The van der Waals surface area contributed by atoms with Crippen molar-refractivity contribution >= 4 is 27.5 Å². The molecule has 0 aliphatic rings. The highest BCUT2D eigenvalue weighted by Gasteiger charge is 2.15. The second kappa shape index (κ2) is 9.45. The van der Waals surface area contributed by atoms with E-state index in [0.717, 1.165) is 33.6 Å². The molecule has 0 N–H and O–H groups in total. The van der Waals surface area contributed by atoms with Crippen LogP contribution < -0.4 is 0 Å². The summed E-state index contributed by atoms with van der Waals surface area (Å²) in [5, 5.41) is 2.45. The van der Waals surface area contributed by atoms with E-state index in [-0.39, 0.29) is 0 Å². The molecule has 0 aliphatic carbocycles. The van der Waals surface area contributed by atoms with Crippen LogP contribution in [0, 0.1) is 6.57 Å². The van der Waals surface area contributed by atoms with E-state index in [9.17, 15) is 0 Å². The maximum atomic E-state index is 7.35. The SMILES string of the molecule is [C-]#[N+]c1ccnc(-c2cccc(-c3ccc4c5ccc(-c6ccccc6)cc5n(-c5ccccc5)c4c3)c2)c1. The summed E-state index contributed by atoms with van der Waals surface area (Å²) in [6, 6.07) is 46.5. The lowest BCUT2D eigenvalue weighted by molar-refractivity contribution is 1.18. The van der Waals surface area contributed by atoms with Crippen LogP contribution in [0.3, 0.4) is 0 Å². The van der Waals surface area contributed by atoms with Crippen LogP contribution in [-0.4, -0.2) is 9.55 Å². The number of hydrogen-bond acceptors (Lipinski definition) is 1. The van der Waals surface area contributed by atoms with Gasteiger partial charge in [-0.1, -0.05) is 91.0 Å². The molecule has 0 amide bonds. The third kappa shape index (κ3) is 4.05. The number of nitrogens with zero attached hydrogens (tertiary/aromatic N) is 3. The molecule has 0 saturated heterocycles. The highest BCUT2D eigenvalue weighted by molar-refractivity contribution is 6.11. The first-order valence-corrected chi connectivity index (χ1v) is 12.9. The smallest absolute Gasteiger partial charge is 0.190 e. The minimum atomic E-state index is 0.592. The van der Waals surface area contributed by atoms with Crippen molar-refractivity contribution in [1.29, 1.82) is 0 Å². The van der Waals surface area contributed by atoms with Crippen molar-refractivity contribution in [2.45, 2.75) is 0 Å². The Kier molecular flexibility index (Phi) is 5.50. The Balaban J connectivity index is 1.43. The lowest BCUT2D eigenvalue weighted by atomic mass is 9.99. The van der Waals surface area contributed by atoms with Gasteiger partial charge in [-0.15, -0.1) is 0 Å². The molecule has 39 heavy (non-hydrogen) atoms. The second-order valence-electron chi connectivity index (χ2n) is 9.59. The highest BCUT2D eigenvalue weighted by atomic mass is 15.0. The van der Waals surface area contributed by atoms with E-state index in [4.69, 9.17) is 6.57 Å². The fourth-order valence-electron chi connectivity index (χ4n) is 5.37. The van der Waals surface area contributed by atoms with Gasteiger partial charge in [-0.25, -0.2) is 4.85 Å². The van der Waals surface area contributed by atoms with Crippen molar-refractivity contribution in [3.63, 3.8) is 0 Å². The molecular formula is C36H23N3. The van der Waals surface area contributed by atoms with E-state index >= 15 is 0 Å². The molecule has 3 nitrogen and oxygen atoms in total. The first-order valence-electron chi connectivity index (χ1n) is 12.9. The molecule has 0 spiro atoms. The number of benzene rings is 5. The maximum Gasteiger partial charge on any atom is 0.190 e. The Morgan fingerprint density at radius 2 is 1.10 bits per heavy atom. The van der Waals surface area contributed by atoms with Gasteiger partial charge in [0.25, 0.3) is 0 Å². The molecule has 0 saturated carbocycles. The Bertz CT molecular complexity index is 2010. The number of para-hydroxylation sites is 1. The zero-order valence-corrected chi connectivity index (χ0v) is 21.1.